The minimum absolute atomic E-state index is 0.0218. The van der Waals surface area contributed by atoms with Crippen molar-refractivity contribution in [1.29, 1.82) is 0 Å². The minimum Gasteiger partial charge on any atom is -0.484 e. The molecule has 1 aliphatic heterocycles. The van der Waals surface area contributed by atoms with Gasteiger partial charge < -0.3 is 9.64 Å². The van der Waals surface area contributed by atoms with Crippen LogP contribution in [0.15, 0.2) is 24.3 Å². The van der Waals surface area contributed by atoms with Crippen LogP contribution in [0.3, 0.4) is 0 Å². The van der Waals surface area contributed by atoms with Gasteiger partial charge in [-0.05, 0) is 43.7 Å². The van der Waals surface area contributed by atoms with E-state index in [0.29, 0.717) is 24.8 Å². The Balaban J connectivity index is 1.57. The fourth-order valence-corrected chi connectivity index (χ4v) is 4.10. The molecule has 1 amide bonds. The van der Waals surface area contributed by atoms with E-state index in [2.05, 4.69) is 4.72 Å². The number of nitrogens with zero attached hydrogens (tertiary/aromatic N) is 1. The molecule has 0 aromatic heterocycles. The maximum atomic E-state index is 12.4. The number of ether oxygens (including phenoxy) is 1. The molecule has 1 saturated carbocycles. The van der Waals surface area contributed by atoms with Gasteiger partial charge in [-0.15, -0.1) is 0 Å². The van der Waals surface area contributed by atoms with Crippen molar-refractivity contribution in [2.24, 2.45) is 11.8 Å². The fraction of sp³-hybridized carbons (Fsp3) is 0.588. The molecule has 2 aliphatic rings. The van der Waals surface area contributed by atoms with Crippen LogP contribution in [0.1, 0.15) is 18.4 Å². The highest BCUT2D eigenvalue weighted by atomic mass is 32.2. The summed E-state index contributed by atoms with van der Waals surface area (Å²) in [5.74, 6) is 1.31. The molecule has 1 saturated heterocycles. The van der Waals surface area contributed by atoms with Crippen LogP contribution in [0.5, 0.6) is 5.75 Å². The highest BCUT2D eigenvalue weighted by Crippen LogP contribution is 2.41. The predicted octanol–water partition coefficient (Wildman–Crippen LogP) is 1.16. The van der Waals surface area contributed by atoms with E-state index in [4.69, 9.17) is 4.74 Å². The molecule has 1 aromatic carbocycles. The van der Waals surface area contributed by atoms with Gasteiger partial charge in [0, 0.05) is 19.1 Å². The van der Waals surface area contributed by atoms with Crippen molar-refractivity contribution < 1.29 is 17.9 Å². The quantitative estimate of drug-likeness (QED) is 0.834. The molecule has 132 valence electrons. The van der Waals surface area contributed by atoms with Crippen LogP contribution in [-0.2, 0) is 14.8 Å². The van der Waals surface area contributed by atoms with Crippen molar-refractivity contribution in [3.63, 3.8) is 0 Å². The summed E-state index contributed by atoms with van der Waals surface area (Å²) in [5, 5.41) is 0. The van der Waals surface area contributed by atoms with E-state index < -0.39 is 10.0 Å². The Morgan fingerprint density at radius 1 is 1.25 bits per heavy atom. The third kappa shape index (κ3) is 4.48. The number of likely N-dealkylation sites (tertiary alicyclic amines) is 1. The Bertz CT molecular complexity index is 698. The third-order valence-corrected chi connectivity index (χ3v) is 5.42. The van der Waals surface area contributed by atoms with Gasteiger partial charge in [0.1, 0.15) is 5.75 Å². The standard InChI is InChI=1S/C17H24N2O4S/c1-12-3-7-14(8-4-12)23-11-17(20)19-9-15(13-5-6-13)16(10-19)18-24(2,21)22/h3-4,7-8,13,15-16,18H,5-6,9-11H2,1-2H3/t15-,16+/m0/s1. The van der Waals surface area contributed by atoms with E-state index >= 15 is 0 Å². The lowest BCUT2D eigenvalue weighted by atomic mass is 9.99. The summed E-state index contributed by atoms with van der Waals surface area (Å²) in [6.07, 6.45) is 3.41. The topological polar surface area (TPSA) is 75.7 Å². The zero-order valence-electron chi connectivity index (χ0n) is 14.1. The average molecular weight is 352 g/mol. The Labute approximate surface area is 143 Å². The van der Waals surface area contributed by atoms with Crippen molar-refractivity contribution in [3.05, 3.63) is 29.8 Å². The van der Waals surface area contributed by atoms with Crippen LogP contribution in [0.2, 0.25) is 0 Å². The normalized spacial score (nSPS) is 24.2. The number of nitrogens with one attached hydrogen (secondary N) is 1. The lowest BCUT2D eigenvalue weighted by Gasteiger charge is -2.17. The molecule has 1 N–H and O–H groups in total. The average Bonchev–Trinajstić information content (AvgIpc) is 3.26. The van der Waals surface area contributed by atoms with Gasteiger partial charge >= 0.3 is 0 Å². The minimum atomic E-state index is -3.27. The second kappa shape index (κ2) is 6.72. The first kappa shape index (κ1) is 17.2. The van der Waals surface area contributed by atoms with Crippen LogP contribution in [0, 0.1) is 18.8 Å². The van der Waals surface area contributed by atoms with Crippen molar-refractivity contribution in [3.8, 4) is 5.75 Å². The number of hydrogen-bond donors (Lipinski definition) is 1. The Morgan fingerprint density at radius 2 is 1.92 bits per heavy atom. The molecule has 1 aliphatic carbocycles. The lowest BCUT2D eigenvalue weighted by Crippen LogP contribution is -2.41. The summed E-state index contributed by atoms with van der Waals surface area (Å²) in [4.78, 5) is 14.1. The summed E-state index contributed by atoms with van der Waals surface area (Å²) < 4.78 is 31.3. The van der Waals surface area contributed by atoms with Crippen molar-refractivity contribution >= 4 is 15.9 Å². The summed E-state index contributed by atoms with van der Waals surface area (Å²) in [6.45, 7) is 3.00. The molecule has 24 heavy (non-hydrogen) atoms. The Morgan fingerprint density at radius 3 is 2.50 bits per heavy atom. The van der Waals surface area contributed by atoms with Crippen LogP contribution in [0.4, 0.5) is 0 Å². The molecule has 0 unspecified atom stereocenters. The maximum absolute atomic E-state index is 12.4. The molecular weight excluding hydrogens is 328 g/mol. The second-order valence-corrected chi connectivity index (χ2v) is 8.68. The summed E-state index contributed by atoms with van der Waals surface area (Å²) in [6, 6.07) is 7.37. The number of sulfonamides is 1. The van der Waals surface area contributed by atoms with Gasteiger partial charge in [-0.2, -0.15) is 0 Å². The van der Waals surface area contributed by atoms with Gasteiger partial charge in [-0.3, -0.25) is 4.79 Å². The van der Waals surface area contributed by atoms with E-state index in [1.807, 2.05) is 31.2 Å². The van der Waals surface area contributed by atoms with Gasteiger partial charge in [0.05, 0.1) is 6.26 Å². The second-order valence-electron chi connectivity index (χ2n) is 6.90. The number of amides is 1. The zero-order chi connectivity index (χ0) is 17.3. The highest BCUT2D eigenvalue weighted by molar-refractivity contribution is 7.88. The number of rotatable bonds is 6. The third-order valence-electron chi connectivity index (χ3n) is 4.69. The molecule has 7 heteroatoms. The van der Waals surface area contributed by atoms with Gasteiger partial charge in [-0.1, -0.05) is 17.7 Å². The van der Waals surface area contributed by atoms with Crippen molar-refractivity contribution in [2.45, 2.75) is 25.8 Å². The van der Waals surface area contributed by atoms with E-state index in [0.717, 1.165) is 18.4 Å². The summed E-state index contributed by atoms with van der Waals surface area (Å²) in [5.41, 5.74) is 1.13. The molecule has 0 bridgehead atoms. The molecule has 6 nitrogen and oxygen atoms in total. The smallest absolute Gasteiger partial charge is 0.260 e. The number of carbonyl (C=O) groups excluding carboxylic acids is 1. The largest absolute Gasteiger partial charge is 0.484 e. The lowest BCUT2D eigenvalue weighted by molar-refractivity contribution is -0.132. The molecule has 0 radical (unpaired) electrons. The molecule has 2 atom stereocenters. The summed E-state index contributed by atoms with van der Waals surface area (Å²) >= 11 is 0. The van der Waals surface area contributed by atoms with Gasteiger partial charge in [-0.25, -0.2) is 13.1 Å². The fourth-order valence-electron chi connectivity index (χ4n) is 3.31. The zero-order valence-corrected chi connectivity index (χ0v) is 14.9. The van der Waals surface area contributed by atoms with Crippen molar-refractivity contribution in [2.75, 3.05) is 26.0 Å². The van der Waals surface area contributed by atoms with Crippen LogP contribution in [-0.4, -0.2) is 51.2 Å². The maximum Gasteiger partial charge on any atom is 0.260 e. The van der Waals surface area contributed by atoms with Gasteiger partial charge in [0.15, 0.2) is 6.61 Å². The van der Waals surface area contributed by atoms with E-state index in [9.17, 15) is 13.2 Å². The monoisotopic (exact) mass is 352 g/mol. The number of carbonyl (C=O) groups is 1. The van der Waals surface area contributed by atoms with Gasteiger partial charge in [0.25, 0.3) is 5.91 Å². The van der Waals surface area contributed by atoms with Crippen molar-refractivity contribution in [1.82, 2.24) is 9.62 Å². The van der Waals surface area contributed by atoms with E-state index in [1.54, 1.807) is 4.90 Å². The number of hydrogen-bond acceptors (Lipinski definition) is 4. The van der Waals surface area contributed by atoms with Gasteiger partial charge in [0.2, 0.25) is 10.0 Å². The molecule has 3 rings (SSSR count). The first-order valence-electron chi connectivity index (χ1n) is 8.26. The van der Waals surface area contributed by atoms with Crippen LogP contribution >= 0.6 is 0 Å². The molecule has 1 aromatic rings. The Kier molecular flexibility index (Phi) is 4.83. The summed E-state index contributed by atoms with van der Waals surface area (Å²) in [7, 11) is -3.27. The van der Waals surface area contributed by atoms with Crippen LogP contribution in [0.25, 0.3) is 0 Å². The van der Waals surface area contributed by atoms with E-state index in [1.165, 1.54) is 6.26 Å². The molecule has 1 heterocycles. The SMILES string of the molecule is Cc1ccc(OCC(=O)N2C[C@@H](NS(C)(=O)=O)[C@H](C3CC3)C2)cc1. The van der Waals surface area contributed by atoms with E-state index in [-0.39, 0.29) is 24.5 Å². The van der Waals surface area contributed by atoms with Crippen LogP contribution < -0.4 is 9.46 Å². The number of benzene rings is 1. The first-order chi connectivity index (χ1) is 11.3. The first-order valence-corrected chi connectivity index (χ1v) is 10.2. The number of aryl methyl sites for hydroxylation is 1. The predicted molar refractivity (Wildman–Crippen MR) is 91.2 cm³/mol. The molecular formula is C17H24N2O4S. The molecule has 0 spiro atoms. The Hall–Kier alpha value is -1.60. The molecule has 2 fully saturated rings. The highest BCUT2D eigenvalue weighted by Gasteiger charge is 2.44.